The zero-order chi connectivity index (χ0) is 11.7. The van der Waals surface area contributed by atoms with Crippen LogP contribution in [-0.4, -0.2) is 55.8 Å². The molecule has 0 N–H and O–H groups in total. The molecule has 0 aromatic rings. The molecule has 0 aliphatic rings. The molecule has 0 aliphatic heterocycles. The van der Waals surface area contributed by atoms with Crippen LogP contribution >= 0.6 is 0 Å². The van der Waals surface area contributed by atoms with Crippen molar-refractivity contribution in [1.82, 2.24) is 0 Å². The molecule has 0 saturated carbocycles. The average molecular weight is 268 g/mol. The van der Waals surface area contributed by atoms with Gasteiger partial charge in [-0.2, -0.15) is 0 Å². The van der Waals surface area contributed by atoms with Crippen LogP contribution in [0.3, 0.4) is 0 Å². The molecular weight excluding hydrogens is 248 g/mol. The molecule has 0 aromatic heterocycles. The lowest BCUT2D eigenvalue weighted by atomic mass is 10.9. The fourth-order valence-electron chi connectivity index (χ4n) is 0.904. The SMILES string of the molecule is CO[Si](CCO[Si]O[SiH](C)C)(OC)OC. The van der Waals surface area contributed by atoms with E-state index in [4.69, 9.17) is 21.8 Å². The molecule has 8 heteroatoms. The normalized spacial score (nSPS) is 12.4. The minimum Gasteiger partial charge on any atom is -0.437 e. The second kappa shape index (κ2) is 8.59. The van der Waals surface area contributed by atoms with Crippen molar-refractivity contribution in [3.05, 3.63) is 0 Å². The lowest BCUT2D eigenvalue weighted by Gasteiger charge is -2.23. The highest BCUT2D eigenvalue weighted by Gasteiger charge is 2.37. The third-order valence-corrected chi connectivity index (χ3v) is 7.06. The molecule has 0 saturated heterocycles. The Hall–Kier alpha value is 0.451. The molecule has 2 radical (unpaired) electrons. The quantitative estimate of drug-likeness (QED) is 0.448. The summed E-state index contributed by atoms with van der Waals surface area (Å²) in [6.45, 7) is 4.76. The first-order chi connectivity index (χ1) is 7.10. The van der Waals surface area contributed by atoms with Crippen LogP contribution in [0.2, 0.25) is 19.1 Å². The van der Waals surface area contributed by atoms with Crippen molar-refractivity contribution in [1.29, 1.82) is 0 Å². The first-order valence-corrected chi connectivity index (χ1v) is 10.3. The lowest BCUT2D eigenvalue weighted by molar-refractivity contribution is 0.117. The van der Waals surface area contributed by atoms with Gasteiger partial charge in [-0.25, -0.2) is 0 Å². The Morgan fingerprint density at radius 3 is 2.00 bits per heavy atom. The Balaban J connectivity index is 3.63. The molecule has 0 aromatic carbocycles. The maximum Gasteiger partial charge on any atom is 0.502 e. The summed E-state index contributed by atoms with van der Waals surface area (Å²) in [6.07, 6.45) is 0. The monoisotopic (exact) mass is 268 g/mol. The minimum absolute atomic E-state index is 0.120. The predicted molar refractivity (Wildman–Crippen MR) is 63.3 cm³/mol. The predicted octanol–water partition coefficient (Wildman–Crippen LogP) is 0.415. The van der Waals surface area contributed by atoms with Crippen LogP contribution in [0.1, 0.15) is 0 Å². The topological polar surface area (TPSA) is 46.2 Å². The molecule has 0 amide bonds. The van der Waals surface area contributed by atoms with Gasteiger partial charge in [-0.05, 0) is 13.1 Å². The van der Waals surface area contributed by atoms with E-state index in [-0.39, 0.29) is 10.0 Å². The fourth-order valence-corrected chi connectivity index (χ4v) is 3.80. The molecule has 0 aliphatic carbocycles. The van der Waals surface area contributed by atoms with Crippen LogP contribution in [0.4, 0.5) is 0 Å². The van der Waals surface area contributed by atoms with E-state index in [1.165, 1.54) is 0 Å². The Bertz CT molecular complexity index is 145. The lowest BCUT2D eigenvalue weighted by Crippen LogP contribution is -2.43. The Morgan fingerprint density at radius 1 is 1.07 bits per heavy atom. The number of hydrogen-bond donors (Lipinski definition) is 0. The van der Waals surface area contributed by atoms with Crippen molar-refractivity contribution in [3.8, 4) is 0 Å². The fraction of sp³-hybridized carbons (Fsp3) is 1.00. The van der Waals surface area contributed by atoms with E-state index in [0.717, 1.165) is 0 Å². The highest BCUT2D eigenvalue weighted by molar-refractivity contribution is 6.60. The van der Waals surface area contributed by atoms with Crippen LogP contribution < -0.4 is 0 Å². The van der Waals surface area contributed by atoms with Crippen LogP contribution in [0.25, 0.3) is 0 Å². The second-order valence-electron chi connectivity index (χ2n) is 3.14. The maximum absolute atomic E-state index is 5.39. The van der Waals surface area contributed by atoms with Crippen LogP contribution in [0, 0.1) is 0 Å². The molecule has 5 nitrogen and oxygen atoms in total. The van der Waals surface area contributed by atoms with Crippen LogP contribution in [-0.2, 0) is 21.8 Å². The smallest absolute Gasteiger partial charge is 0.437 e. The van der Waals surface area contributed by atoms with Gasteiger partial charge in [0.1, 0.15) is 0 Å². The second-order valence-corrected chi connectivity index (χ2v) is 9.73. The van der Waals surface area contributed by atoms with Crippen molar-refractivity contribution in [3.63, 3.8) is 0 Å². The standard InChI is InChI=1S/C7H20O5Si3/c1-8-15(9-2,10-3)7-6-11-13-12-14(4)5/h14H,6-7H2,1-5H3. The van der Waals surface area contributed by atoms with E-state index in [9.17, 15) is 0 Å². The molecular formula is C7H20O5Si3. The number of hydrogen-bond acceptors (Lipinski definition) is 5. The van der Waals surface area contributed by atoms with Crippen LogP contribution in [0.15, 0.2) is 0 Å². The van der Waals surface area contributed by atoms with Gasteiger partial charge < -0.3 is 21.8 Å². The molecule has 0 bridgehead atoms. The van der Waals surface area contributed by atoms with E-state index < -0.39 is 17.8 Å². The molecule has 0 spiro atoms. The van der Waals surface area contributed by atoms with Crippen molar-refractivity contribution in [2.45, 2.75) is 19.1 Å². The summed E-state index contributed by atoms with van der Waals surface area (Å²) in [7, 11) is 1.48. The van der Waals surface area contributed by atoms with Crippen molar-refractivity contribution < 1.29 is 21.8 Å². The molecule has 0 heterocycles. The Morgan fingerprint density at radius 2 is 1.60 bits per heavy atom. The molecule has 90 valence electrons. The van der Waals surface area contributed by atoms with Gasteiger partial charge in [-0.15, -0.1) is 0 Å². The summed E-state index contributed by atoms with van der Waals surface area (Å²) >= 11 is 0. The minimum atomic E-state index is -2.46. The first kappa shape index (κ1) is 15.5. The highest BCUT2D eigenvalue weighted by Crippen LogP contribution is 2.11. The van der Waals surface area contributed by atoms with E-state index in [1.807, 2.05) is 0 Å². The summed E-state index contributed by atoms with van der Waals surface area (Å²) in [5.74, 6) is 0. The molecule has 0 fully saturated rings. The summed E-state index contributed by atoms with van der Waals surface area (Å²) in [5.41, 5.74) is 0. The van der Waals surface area contributed by atoms with Gasteiger partial charge in [0.05, 0.1) is 0 Å². The third kappa shape index (κ3) is 6.58. The zero-order valence-corrected chi connectivity index (χ0v) is 13.2. The average Bonchev–Trinajstić information content (AvgIpc) is 2.24. The molecule has 0 atom stereocenters. The summed E-state index contributed by atoms with van der Waals surface area (Å²) in [6, 6.07) is 0.645. The van der Waals surface area contributed by atoms with Crippen molar-refractivity contribution >= 4 is 27.9 Å². The van der Waals surface area contributed by atoms with Gasteiger partial charge in [0, 0.05) is 34.0 Å². The van der Waals surface area contributed by atoms with Gasteiger partial charge >= 0.3 is 18.8 Å². The van der Waals surface area contributed by atoms with Gasteiger partial charge in [0.15, 0.2) is 9.04 Å². The van der Waals surface area contributed by atoms with Gasteiger partial charge in [-0.3, -0.25) is 0 Å². The van der Waals surface area contributed by atoms with Crippen molar-refractivity contribution in [2.24, 2.45) is 0 Å². The van der Waals surface area contributed by atoms with E-state index in [2.05, 4.69) is 13.1 Å². The Kier molecular flexibility index (Phi) is 8.84. The highest BCUT2D eigenvalue weighted by atomic mass is 28.4. The largest absolute Gasteiger partial charge is 0.502 e. The number of rotatable bonds is 9. The van der Waals surface area contributed by atoms with Gasteiger partial charge in [0.2, 0.25) is 0 Å². The Labute approximate surface area is 97.2 Å². The molecule has 15 heavy (non-hydrogen) atoms. The summed E-state index contributed by atoms with van der Waals surface area (Å²) in [4.78, 5) is 0. The maximum atomic E-state index is 5.39. The van der Waals surface area contributed by atoms with E-state index >= 15 is 0 Å². The van der Waals surface area contributed by atoms with Crippen LogP contribution in [0.5, 0.6) is 0 Å². The van der Waals surface area contributed by atoms with Gasteiger partial charge in [-0.1, -0.05) is 0 Å². The van der Waals surface area contributed by atoms with Gasteiger partial charge in [0.25, 0.3) is 0 Å². The van der Waals surface area contributed by atoms with E-state index in [0.29, 0.717) is 12.7 Å². The van der Waals surface area contributed by atoms with Crippen molar-refractivity contribution in [2.75, 3.05) is 27.9 Å². The first-order valence-electron chi connectivity index (χ1n) is 4.78. The zero-order valence-electron chi connectivity index (χ0n) is 10.0. The summed E-state index contributed by atoms with van der Waals surface area (Å²) < 4.78 is 26.5. The summed E-state index contributed by atoms with van der Waals surface area (Å²) in [5, 5.41) is 0. The molecule has 0 rings (SSSR count). The van der Waals surface area contributed by atoms with E-state index in [1.54, 1.807) is 21.3 Å². The molecule has 0 unspecified atom stereocenters. The third-order valence-electron chi connectivity index (χ3n) is 1.79.